The Morgan fingerprint density at radius 1 is 0.889 bits per heavy atom. The molecule has 0 aliphatic carbocycles. The fourth-order valence-electron chi connectivity index (χ4n) is 0.453. The summed E-state index contributed by atoms with van der Waals surface area (Å²) in [6, 6.07) is 10.1. The van der Waals surface area contributed by atoms with Crippen LogP contribution in [-0.2, 0) is 0 Å². The molecule has 0 spiro atoms. The zero-order valence-electron chi connectivity index (χ0n) is 4.78. The van der Waals surface area contributed by atoms with Gasteiger partial charge in [0.1, 0.15) is 0 Å². The maximum absolute atomic E-state index is 2.63. The van der Waals surface area contributed by atoms with E-state index in [9.17, 15) is 0 Å². The van der Waals surface area contributed by atoms with Gasteiger partial charge in [0.25, 0.3) is 0 Å². The minimum atomic E-state index is 0. The second-order valence-corrected chi connectivity index (χ2v) is 2.08. The number of benzene rings is 1. The van der Waals surface area contributed by atoms with Crippen LogP contribution in [0.5, 0.6) is 0 Å². The van der Waals surface area contributed by atoms with Gasteiger partial charge in [0.2, 0.25) is 0 Å². The van der Waals surface area contributed by atoms with Crippen molar-refractivity contribution in [3.05, 3.63) is 30.3 Å². The molecule has 48 valence electrons. The van der Waals surface area contributed by atoms with Gasteiger partial charge in [-0.2, -0.15) is 0 Å². The Bertz CT molecular complexity index is 141. The van der Waals surface area contributed by atoms with Crippen molar-refractivity contribution >= 4 is 45.5 Å². The van der Waals surface area contributed by atoms with E-state index in [1.54, 1.807) is 0 Å². The first kappa shape index (κ1) is 12.1. The summed E-state index contributed by atoms with van der Waals surface area (Å²) in [6.07, 6.45) is 0. The van der Waals surface area contributed by atoms with Crippen LogP contribution >= 0.6 is 24.8 Å². The molecule has 0 amide bonds. The van der Waals surface area contributed by atoms with Crippen molar-refractivity contribution < 1.29 is 0 Å². The minimum Gasteiger partial charge on any atom is -0.147 e. The number of rotatable bonds is 0. The molecule has 3 heteroatoms. The van der Waals surface area contributed by atoms with Crippen molar-refractivity contribution in [1.29, 1.82) is 0 Å². The maximum atomic E-state index is 2.63. The molecule has 0 aliphatic heterocycles. The Labute approximate surface area is 75.9 Å². The van der Waals surface area contributed by atoms with E-state index in [2.05, 4.69) is 16.3 Å². The molecule has 0 atom stereocenters. The van der Waals surface area contributed by atoms with Crippen molar-refractivity contribution in [2.24, 2.45) is 0 Å². The van der Waals surface area contributed by atoms with Crippen LogP contribution in [0.15, 0.2) is 30.3 Å². The molecule has 0 saturated heterocycles. The Kier molecular flexibility index (Phi) is 8.64. The highest BCUT2D eigenvalue weighted by molar-refractivity contribution is 6.32. The van der Waals surface area contributed by atoms with Gasteiger partial charge < -0.3 is 0 Å². The highest BCUT2D eigenvalue weighted by Gasteiger charge is 1.71. The average molecular weight is 177 g/mol. The van der Waals surface area contributed by atoms with E-state index in [0.717, 1.165) is 0 Å². The standard InChI is InChI=1S/C6H5.Al.2ClH/c1-2-4-6-5-3-1;;;/h1-5H;;2*1H. The summed E-state index contributed by atoms with van der Waals surface area (Å²) in [4.78, 5) is 0. The van der Waals surface area contributed by atoms with Crippen molar-refractivity contribution in [3.8, 4) is 0 Å². The molecule has 0 aromatic heterocycles. The normalized spacial score (nSPS) is 6.67. The highest BCUT2D eigenvalue weighted by Crippen LogP contribution is 1.76. The summed E-state index contributed by atoms with van der Waals surface area (Å²) in [5, 5.41) is 0. The van der Waals surface area contributed by atoms with Gasteiger partial charge in [-0.05, 0) is 0 Å². The summed E-state index contributed by atoms with van der Waals surface area (Å²) in [7, 11) is 0. The fraction of sp³-hybridized carbons (Fsp3) is 0. The van der Waals surface area contributed by atoms with Crippen molar-refractivity contribution in [3.63, 3.8) is 0 Å². The third-order valence-electron chi connectivity index (χ3n) is 0.800. The van der Waals surface area contributed by atoms with Crippen LogP contribution in [0.1, 0.15) is 0 Å². The monoisotopic (exact) mass is 176 g/mol. The lowest BCUT2D eigenvalue weighted by molar-refractivity contribution is 1.78. The zero-order valence-corrected chi connectivity index (χ0v) is 7.57. The number of hydrogen-bond acceptors (Lipinski definition) is 0. The summed E-state index contributed by atoms with van der Waals surface area (Å²) < 4.78 is 1.24. The lowest BCUT2D eigenvalue weighted by Crippen LogP contribution is -1.97. The SMILES string of the molecule is Cl.Cl.[Al][c]1ccccc1. The van der Waals surface area contributed by atoms with Crippen LogP contribution in [0.4, 0.5) is 0 Å². The minimum absolute atomic E-state index is 0. The largest absolute Gasteiger partial charge is 0.175 e. The van der Waals surface area contributed by atoms with E-state index in [4.69, 9.17) is 0 Å². The van der Waals surface area contributed by atoms with Crippen LogP contribution < -0.4 is 4.43 Å². The smallest absolute Gasteiger partial charge is 0.147 e. The van der Waals surface area contributed by atoms with Crippen LogP contribution in [-0.4, -0.2) is 16.3 Å². The predicted octanol–water partition coefficient (Wildman–Crippen LogP) is 1.32. The van der Waals surface area contributed by atoms with Gasteiger partial charge in [-0.25, -0.2) is 0 Å². The molecular weight excluding hydrogens is 170 g/mol. The second kappa shape index (κ2) is 6.45. The van der Waals surface area contributed by atoms with Gasteiger partial charge >= 0.3 is 0 Å². The summed E-state index contributed by atoms with van der Waals surface area (Å²) in [5.74, 6) is 0. The van der Waals surface area contributed by atoms with Crippen LogP contribution in [0.2, 0.25) is 0 Å². The molecule has 0 N–H and O–H groups in total. The molecule has 0 heterocycles. The molecule has 0 aliphatic rings. The Morgan fingerprint density at radius 2 is 1.33 bits per heavy atom. The van der Waals surface area contributed by atoms with Gasteiger partial charge in [0.05, 0.1) is 0 Å². The quantitative estimate of drug-likeness (QED) is 0.524. The highest BCUT2D eigenvalue weighted by atomic mass is 35.5. The Morgan fingerprint density at radius 3 is 1.56 bits per heavy atom. The second-order valence-electron chi connectivity index (χ2n) is 1.41. The van der Waals surface area contributed by atoms with E-state index in [0.29, 0.717) is 0 Å². The van der Waals surface area contributed by atoms with Gasteiger partial charge in [0.15, 0.2) is 16.3 Å². The van der Waals surface area contributed by atoms with Gasteiger partial charge in [-0.1, -0.05) is 30.3 Å². The molecule has 9 heavy (non-hydrogen) atoms. The summed E-state index contributed by atoms with van der Waals surface area (Å²) in [6.45, 7) is 0. The van der Waals surface area contributed by atoms with E-state index in [-0.39, 0.29) is 24.8 Å². The van der Waals surface area contributed by atoms with Gasteiger partial charge in [0, 0.05) is 0 Å². The van der Waals surface area contributed by atoms with Crippen LogP contribution in [0.3, 0.4) is 0 Å². The lowest BCUT2D eigenvalue weighted by Gasteiger charge is -1.84. The third kappa shape index (κ3) is 4.81. The van der Waals surface area contributed by atoms with E-state index >= 15 is 0 Å². The molecule has 1 aromatic rings. The molecule has 0 unspecified atom stereocenters. The number of halogens is 2. The first-order valence-electron chi connectivity index (χ1n) is 2.20. The topological polar surface area (TPSA) is 0 Å². The van der Waals surface area contributed by atoms with Gasteiger partial charge in [-0.15, -0.1) is 29.2 Å². The van der Waals surface area contributed by atoms with E-state index in [1.807, 2.05) is 30.3 Å². The fourth-order valence-corrected chi connectivity index (χ4v) is 0.675. The van der Waals surface area contributed by atoms with Crippen molar-refractivity contribution in [2.75, 3.05) is 0 Å². The van der Waals surface area contributed by atoms with Gasteiger partial charge in [-0.3, -0.25) is 0 Å². The Hall–Kier alpha value is 0.332. The molecule has 1 rings (SSSR count). The van der Waals surface area contributed by atoms with Crippen LogP contribution in [0.25, 0.3) is 0 Å². The molecular formula is C6H7AlCl2. The first-order chi connectivity index (χ1) is 3.39. The van der Waals surface area contributed by atoms with Crippen LogP contribution in [0, 0.1) is 0 Å². The maximum Gasteiger partial charge on any atom is 0.175 e. The lowest BCUT2D eigenvalue weighted by atomic mass is 10.4. The molecule has 0 fully saturated rings. The molecule has 1 aromatic carbocycles. The Balaban J connectivity index is 0. The molecule has 0 bridgehead atoms. The average Bonchev–Trinajstić information content (AvgIpc) is 1.69. The van der Waals surface area contributed by atoms with Crippen molar-refractivity contribution in [1.82, 2.24) is 0 Å². The molecule has 0 saturated carbocycles. The van der Waals surface area contributed by atoms with Crippen molar-refractivity contribution in [2.45, 2.75) is 0 Å². The molecule has 2 radical (unpaired) electrons. The summed E-state index contributed by atoms with van der Waals surface area (Å²) in [5.41, 5.74) is 0. The molecule has 0 nitrogen and oxygen atoms in total. The van der Waals surface area contributed by atoms with E-state index in [1.165, 1.54) is 4.43 Å². The predicted molar refractivity (Wildman–Crippen MR) is 46.3 cm³/mol. The number of hydrogen-bond donors (Lipinski definition) is 0. The summed E-state index contributed by atoms with van der Waals surface area (Å²) >= 11 is 2.63. The third-order valence-corrected chi connectivity index (χ3v) is 1.18. The zero-order chi connectivity index (χ0) is 5.11. The van der Waals surface area contributed by atoms with E-state index < -0.39 is 0 Å². The first-order valence-corrected chi connectivity index (χ1v) is 2.78.